The van der Waals surface area contributed by atoms with E-state index in [1.54, 1.807) is 6.92 Å². The Morgan fingerprint density at radius 1 is 1.14 bits per heavy atom. The summed E-state index contributed by atoms with van der Waals surface area (Å²) >= 11 is 0. The smallest absolute Gasteiger partial charge is 0.311 e. The summed E-state index contributed by atoms with van der Waals surface area (Å²) < 4.78 is 5.41. The normalized spacial score (nSPS) is 13.3. The SMILES string of the molecule is CCCCCCC(=O)Oc1c(O)c(C)c(C)c2c1CCC2=O. The van der Waals surface area contributed by atoms with E-state index in [-0.39, 0.29) is 23.3 Å². The molecule has 120 valence electrons. The molecule has 0 aliphatic heterocycles. The van der Waals surface area contributed by atoms with Crippen molar-refractivity contribution in [2.45, 2.75) is 65.7 Å². The number of Topliss-reactive ketones (excluding diaryl/α,β-unsaturated/α-hetero) is 1. The number of fused-ring (bicyclic) bond motifs is 1. The molecule has 0 aromatic heterocycles. The lowest BCUT2D eigenvalue weighted by molar-refractivity contribution is -0.134. The molecule has 0 unspecified atom stereocenters. The molecule has 1 N–H and O–H groups in total. The maximum absolute atomic E-state index is 12.0. The molecule has 0 atom stereocenters. The van der Waals surface area contributed by atoms with E-state index in [0.29, 0.717) is 36.0 Å². The highest BCUT2D eigenvalue weighted by molar-refractivity contribution is 6.03. The summed E-state index contributed by atoms with van der Waals surface area (Å²) in [5, 5.41) is 10.3. The van der Waals surface area contributed by atoms with Gasteiger partial charge in [0.25, 0.3) is 0 Å². The summed E-state index contributed by atoms with van der Waals surface area (Å²) in [5.74, 6) is -0.0793. The summed E-state index contributed by atoms with van der Waals surface area (Å²) in [6.07, 6.45) is 5.30. The van der Waals surface area contributed by atoms with E-state index >= 15 is 0 Å². The van der Waals surface area contributed by atoms with E-state index in [9.17, 15) is 14.7 Å². The molecular weight excluding hydrogens is 280 g/mol. The quantitative estimate of drug-likeness (QED) is 0.490. The Morgan fingerprint density at radius 3 is 2.55 bits per heavy atom. The molecule has 0 spiro atoms. The lowest BCUT2D eigenvalue weighted by atomic mass is 9.97. The minimum Gasteiger partial charge on any atom is -0.504 e. The zero-order valence-corrected chi connectivity index (χ0v) is 13.6. The van der Waals surface area contributed by atoms with Crippen LogP contribution in [0, 0.1) is 13.8 Å². The number of ketones is 1. The van der Waals surface area contributed by atoms with Crippen LogP contribution in [0.5, 0.6) is 11.5 Å². The van der Waals surface area contributed by atoms with Crippen LogP contribution in [0.4, 0.5) is 0 Å². The number of hydrogen-bond donors (Lipinski definition) is 1. The van der Waals surface area contributed by atoms with Gasteiger partial charge in [-0.05, 0) is 37.8 Å². The number of phenolic OH excluding ortho intramolecular Hbond substituents is 1. The first-order valence-corrected chi connectivity index (χ1v) is 8.06. The number of phenols is 1. The zero-order valence-electron chi connectivity index (χ0n) is 13.6. The summed E-state index contributed by atoms with van der Waals surface area (Å²) in [7, 11) is 0. The monoisotopic (exact) mass is 304 g/mol. The van der Waals surface area contributed by atoms with Crippen LogP contribution in [0.15, 0.2) is 0 Å². The van der Waals surface area contributed by atoms with Crippen molar-refractivity contribution in [3.63, 3.8) is 0 Å². The van der Waals surface area contributed by atoms with Gasteiger partial charge in [-0.3, -0.25) is 9.59 Å². The highest BCUT2D eigenvalue weighted by atomic mass is 16.5. The average molecular weight is 304 g/mol. The summed E-state index contributed by atoms with van der Waals surface area (Å²) in [4.78, 5) is 24.0. The Bertz CT molecular complexity index is 602. The zero-order chi connectivity index (χ0) is 16.3. The maximum atomic E-state index is 12.0. The molecule has 1 aromatic rings. The number of carbonyl (C=O) groups is 2. The average Bonchev–Trinajstić information content (AvgIpc) is 2.87. The number of esters is 1. The predicted octanol–water partition coefficient (Wildman–Crippen LogP) is 4.01. The fourth-order valence-corrected chi connectivity index (χ4v) is 2.97. The fraction of sp³-hybridized carbons (Fsp3) is 0.556. The number of carbonyl (C=O) groups excluding carboxylic acids is 2. The largest absolute Gasteiger partial charge is 0.504 e. The number of rotatable bonds is 6. The van der Waals surface area contributed by atoms with Gasteiger partial charge in [0.05, 0.1) is 0 Å². The van der Waals surface area contributed by atoms with Crippen LogP contribution in [0.2, 0.25) is 0 Å². The van der Waals surface area contributed by atoms with Crippen molar-refractivity contribution in [2.75, 3.05) is 0 Å². The minimum atomic E-state index is -0.337. The van der Waals surface area contributed by atoms with Crippen molar-refractivity contribution >= 4 is 11.8 Å². The van der Waals surface area contributed by atoms with Gasteiger partial charge < -0.3 is 9.84 Å². The Kier molecular flexibility index (Phi) is 5.22. The molecular formula is C18H24O4. The summed E-state index contributed by atoms with van der Waals surface area (Å²) in [6.45, 7) is 5.69. The van der Waals surface area contributed by atoms with Gasteiger partial charge in [0.2, 0.25) is 0 Å². The molecule has 1 aromatic carbocycles. The molecule has 0 saturated carbocycles. The first-order chi connectivity index (χ1) is 10.5. The van der Waals surface area contributed by atoms with E-state index in [0.717, 1.165) is 31.2 Å². The number of ether oxygens (including phenoxy) is 1. The van der Waals surface area contributed by atoms with Crippen molar-refractivity contribution in [3.05, 3.63) is 22.3 Å². The Morgan fingerprint density at radius 2 is 1.86 bits per heavy atom. The highest BCUT2D eigenvalue weighted by Crippen LogP contribution is 2.43. The topological polar surface area (TPSA) is 63.6 Å². The van der Waals surface area contributed by atoms with Gasteiger partial charge in [0.1, 0.15) is 0 Å². The van der Waals surface area contributed by atoms with E-state index < -0.39 is 0 Å². The summed E-state index contributed by atoms with van der Waals surface area (Å²) in [6, 6.07) is 0. The summed E-state index contributed by atoms with van der Waals surface area (Å²) in [5.41, 5.74) is 2.72. The molecule has 0 fully saturated rings. The molecule has 0 radical (unpaired) electrons. The van der Waals surface area contributed by atoms with E-state index in [1.165, 1.54) is 0 Å². The van der Waals surface area contributed by atoms with Gasteiger partial charge in [-0.2, -0.15) is 0 Å². The Balaban J connectivity index is 2.20. The van der Waals surface area contributed by atoms with E-state index in [4.69, 9.17) is 4.74 Å². The number of unbranched alkanes of at least 4 members (excludes halogenated alkanes) is 3. The highest BCUT2D eigenvalue weighted by Gasteiger charge is 2.30. The molecule has 4 nitrogen and oxygen atoms in total. The maximum Gasteiger partial charge on any atom is 0.311 e. The van der Waals surface area contributed by atoms with Crippen molar-refractivity contribution in [1.29, 1.82) is 0 Å². The third-order valence-corrected chi connectivity index (χ3v) is 4.41. The first kappa shape index (κ1) is 16.5. The second-order valence-electron chi connectivity index (χ2n) is 5.99. The molecule has 0 heterocycles. The van der Waals surface area contributed by atoms with Gasteiger partial charge in [-0.15, -0.1) is 0 Å². The molecule has 0 bridgehead atoms. The third kappa shape index (κ3) is 3.16. The number of benzene rings is 1. The Labute approximate surface area is 131 Å². The molecule has 1 aliphatic rings. The number of hydrogen-bond acceptors (Lipinski definition) is 4. The second-order valence-corrected chi connectivity index (χ2v) is 5.99. The van der Waals surface area contributed by atoms with Crippen LogP contribution in [-0.2, 0) is 11.2 Å². The van der Waals surface area contributed by atoms with Gasteiger partial charge >= 0.3 is 5.97 Å². The standard InChI is InChI=1S/C18H24O4/c1-4-5-6-7-8-15(20)22-18-13-9-10-14(19)16(13)11(2)12(3)17(18)21/h21H,4-10H2,1-3H3. The van der Waals surface area contributed by atoms with Gasteiger partial charge in [0.15, 0.2) is 17.3 Å². The second kappa shape index (κ2) is 6.95. The fourth-order valence-electron chi connectivity index (χ4n) is 2.97. The van der Waals surface area contributed by atoms with E-state index in [1.807, 2.05) is 6.92 Å². The van der Waals surface area contributed by atoms with Crippen molar-refractivity contribution < 1.29 is 19.4 Å². The first-order valence-electron chi connectivity index (χ1n) is 8.06. The van der Waals surface area contributed by atoms with Crippen molar-refractivity contribution in [3.8, 4) is 11.5 Å². The van der Waals surface area contributed by atoms with Gasteiger partial charge in [-0.1, -0.05) is 26.2 Å². The van der Waals surface area contributed by atoms with Crippen LogP contribution in [0.25, 0.3) is 0 Å². The van der Waals surface area contributed by atoms with Crippen LogP contribution in [-0.4, -0.2) is 16.9 Å². The van der Waals surface area contributed by atoms with Crippen LogP contribution in [0.3, 0.4) is 0 Å². The van der Waals surface area contributed by atoms with Gasteiger partial charge in [0, 0.05) is 24.0 Å². The van der Waals surface area contributed by atoms with E-state index in [2.05, 4.69) is 6.92 Å². The molecule has 0 amide bonds. The van der Waals surface area contributed by atoms with Crippen LogP contribution >= 0.6 is 0 Å². The van der Waals surface area contributed by atoms with Crippen molar-refractivity contribution in [2.24, 2.45) is 0 Å². The van der Waals surface area contributed by atoms with Crippen LogP contribution in [0.1, 0.15) is 72.5 Å². The molecule has 1 aliphatic carbocycles. The molecule has 0 saturated heterocycles. The third-order valence-electron chi connectivity index (χ3n) is 4.41. The van der Waals surface area contributed by atoms with Crippen LogP contribution < -0.4 is 4.74 Å². The predicted molar refractivity (Wildman–Crippen MR) is 84.6 cm³/mol. The number of aromatic hydroxyl groups is 1. The van der Waals surface area contributed by atoms with Gasteiger partial charge in [-0.25, -0.2) is 0 Å². The van der Waals surface area contributed by atoms with Crippen molar-refractivity contribution in [1.82, 2.24) is 0 Å². The molecule has 4 heteroatoms. The lowest BCUT2D eigenvalue weighted by Crippen LogP contribution is -2.11. The molecule has 2 rings (SSSR count). The molecule has 22 heavy (non-hydrogen) atoms. The lowest BCUT2D eigenvalue weighted by Gasteiger charge is -2.15. The Hall–Kier alpha value is -1.84. The minimum absolute atomic E-state index is 0.00661.